The van der Waals surface area contributed by atoms with Gasteiger partial charge in [0.05, 0.1) is 23.0 Å². The van der Waals surface area contributed by atoms with Crippen molar-refractivity contribution in [2.75, 3.05) is 0 Å². The lowest BCUT2D eigenvalue weighted by Crippen LogP contribution is -1.97. The lowest BCUT2D eigenvalue weighted by Gasteiger charge is -2.04. The van der Waals surface area contributed by atoms with Crippen LogP contribution < -0.4 is 0 Å². The number of nitrogens with zero attached hydrogens (tertiary/aromatic N) is 3. The molecule has 4 aromatic rings. The number of rotatable bonds is 5. The Morgan fingerprint density at radius 2 is 1.96 bits per heavy atom. The van der Waals surface area contributed by atoms with Crippen LogP contribution in [0, 0.1) is 0 Å². The summed E-state index contributed by atoms with van der Waals surface area (Å²) in [5.41, 5.74) is 3.53. The Balaban J connectivity index is 1.70. The molecule has 0 spiro atoms. The van der Waals surface area contributed by atoms with E-state index in [9.17, 15) is 9.90 Å². The molecular formula is C20H15N3O2S. The summed E-state index contributed by atoms with van der Waals surface area (Å²) in [6, 6.07) is 15.7. The Bertz CT molecular complexity index is 1050. The summed E-state index contributed by atoms with van der Waals surface area (Å²) in [5.74, 6) is -0.870. The molecule has 2 heterocycles. The van der Waals surface area contributed by atoms with Crippen molar-refractivity contribution in [2.24, 2.45) is 0 Å². The van der Waals surface area contributed by atoms with Crippen LogP contribution in [-0.4, -0.2) is 25.6 Å². The van der Waals surface area contributed by atoms with E-state index in [1.165, 1.54) is 11.3 Å². The number of imidazole rings is 1. The molecule has 0 unspecified atom stereocenters. The van der Waals surface area contributed by atoms with E-state index in [4.69, 9.17) is 0 Å². The first-order chi connectivity index (χ1) is 12.7. The van der Waals surface area contributed by atoms with E-state index in [1.807, 2.05) is 65.4 Å². The Labute approximate surface area is 153 Å². The minimum atomic E-state index is -0.870. The summed E-state index contributed by atoms with van der Waals surface area (Å²) in [6.07, 6.45) is 7.17. The van der Waals surface area contributed by atoms with Crippen molar-refractivity contribution in [2.45, 2.75) is 6.42 Å². The highest BCUT2D eigenvalue weighted by atomic mass is 32.1. The second-order valence-corrected chi connectivity index (χ2v) is 6.82. The molecule has 0 radical (unpaired) electrons. The average Bonchev–Trinajstić information content (AvgIpc) is 3.31. The molecule has 0 fully saturated rings. The van der Waals surface area contributed by atoms with E-state index in [0.717, 1.165) is 26.5 Å². The largest absolute Gasteiger partial charge is 0.481 e. The first kappa shape index (κ1) is 16.2. The third-order valence-electron chi connectivity index (χ3n) is 3.95. The van der Waals surface area contributed by atoms with Gasteiger partial charge in [0.25, 0.3) is 0 Å². The van der Waals surface area contributed by atoms with Crippen molar-refractivity contribution in [3.05, 3.63) is 77.8 Å². The van der Waals surface area contributed by atoms with Crippen LogP contribution in [0.2, 0.25) is 0 Å². The fourth-order valence-electron chi connectivity index (χ4n) is 2.72. The summed E-state index contributed by atoms with van der Waals surface area (Å²) < 4.78 is 2.97. The molecular weight excluding hydrogens is 346 g/mol. The van der Waals surface area contributed by atoms with Gasteiger partial charge in [-0.1, -0.05) is 24.3 Å². The third-order valence-corrected chi connectivity index (χ3v) is 5.06. The van der Waals surface area contributed by atoms with Crippen molar-refractivity contribution < 1.29 is 9.90 Å². The molecule has 0 aliphatic rings. The van der Waals surface area contributed by atoms with Crippen LogP contribution in [0.4, 0.5) is 0 Å². The molecule has 128 valence electrons. The van der Waals surface area contributed by atoms with Gasteiger partial charge in [-0.3, -0.25) is 4.79 Å². The number of thiazole rings is 1. The molecule has 0 atom stereocenters. The van der Waals surface area contributed by atoms with Crippen molar-refractivity contribution in [3.8, 4) is 5.69 Å². The number of hydrogen-bond acceptors (Lipinski definition) is 4. The number of carboxylic acid groups (broad SMARTS) is 1. The van der Waals surface area contributed by atoms with E-state index in [-0.39, 0.29) is 6.42 Å². The SMILES string of the molecule is O=C(O)CC(=Cc1ccc(-n2ccnc2)cc1)c1nc2ccccc2s1. The van der Waals surface area contributed by atoms with Gasteiger partial charge in [-0.05, 0) is 41.5 Å². The molecule has 6 heteroatoms. The number of fused-ring (bicyclic) bond motifs is 1. The number of carbonyl (C=O) groups is 1. The van der Waals surface area contributed by atoms with Crippen LogP contribution in [0.15, 0.2) is 67.3 Å². The van der Waals surface area contributed by atoms with Gasteiger partial charge in [0.15, 0.2) is 0 Å². The van der Waals surface area contributed by atoms with Crippen LogP contribution in [-0.2, 0) is 4.79 Å². The number of aliphatic carboxylic acids is 1. The lowest BCUT2D eigenvalue weighted by atomic mass is 10.1. The topological polar surface area (TPSA) is 68.0 Å². The van der Waals surface area contributed by atoms with E-state index in [1.54, 1.807) is 12.5 Å². The summed E-state index contributed by atoms with van der Waals surface area (Å²) in [6.45, 7) is 0. The highest BCUT2D eigenvalue weighted by molar-refractivity contribution is 7.19. The predicted octanol–water partition coefficient (Wildman–Crippen LogP) is 4.50. The maximum absolute atomic E-state index is 11.3. The number of carboxylic acids is 1. The quantitative estimate of drug-likeness (QED) is 0.568. The second-order valence-electron chi connectivity index (χ2n) is 5.79. The van der Waals surface area contributed by atoms with E-state index >= 15 is 0 Å². The van der Waals surface area contributed by atoms with Crippen LogP contribution in [0.3, 0.4) is 0 Å². The first-order valence-corrected chi connectivity index (χ1v) is 8.87. The molecule has 2 aromatic heterocycles. The molecule has 5 nitrogen and oxygen atoms in total. The monoisotopic (exact) mass is 361 g/mol. The van der Waals surface area contributed by atoms with Gasteiger partial charge in [0.1, 0.15) is 5.01 Å². The Kier molecular flexibility index (Phi) is 4.33. The molecule has 0 aliphatic carbocycles. The molecule has 0 saturated heterocycles. The molecule has 2 aromatic carbocycles. The minimum Gasteiger partial charge on any atom is -0.481 e. The highest BCUT2D eigenvalue weighted by Crippen LogP contribution is 2.30. The Morgan fingerprint density at radius 3 is 2.65 bits per heavy atom. The standard InChI is InChI=1S/C20H15N3O2S/c24-19(25)12-15(20-22-17-3-1-2-4-18(17)26-20)11-14-5-7-16(8-6-14)23-10-9-21-13-23/h1-11,13H,12H2,(H,24,25). The van der Waals surface area contributed by atoms with Gasteiger partial charge in [-0.2, -0.15) is 0 Å². The molecule has 4 rings (SSSR count). The van der Waals surface area contributed by atoms with Crippen molar-refractivity contribution in [1.29, 1.82) is 0 Å². The maximum Gasteiger partial charge on any atom is 0.307 e. The summed E-state index contributed by atoms with van der Waals surface area (Å²) in [4.78, 5) is 20.0. The fraction of sp³-hybridized carbons (Fsp3) is 0.0500. The summed E-state index contributed by atoms with van der Waals surface area (Å²) in [7, 11) is 0. The molecule has 26 heavy (non-hydrogen) atoms. The van der Waals surface area contributed by atoms with Crippen molar-refractivity contribution >= 4 is 39.2 Å². The minimum absolute atomic E-state index is 0.0664. The number of aromatic nitrogens is 3. The zero-order chi connectivity index (χ0) is 17.9. The number of para-hydroxylation sites is 1. The zero-order valence-electron chi connectivity index (χ0n) is 13.7. The van der Waals surface area contributed by atoms with Gasteiger partial charge in [0, 0.05) is 18.1 Å². The van der Waals surface area contributed by atoms with Crippen molar-refractivity contribution in [1.82, 2.24) is 14.5 Å². The normalized spacial score (nSPS) is 11.8. The van der Waals surface area contributed by atoms with Crippen LogP contribution in [0.1, 0.15) is 17.0 Å². The van der Waals surface area contributed by atoms with E-state index < -0.39 is 5.97 Å². The van der Waals surface area contributed by atoms with Crippen LogP contribution >= 0.6 is 11.3 Å². The Hall–Kier alpha value is -3.25. The van der Waals surface area contributed by atoms with E-state index in [0.29, 0.717) is 5.57 Å². The summed E-state index contributed by atoms with van der Waals surface area (Å²) in [5, 5.41) is 10.0. The molecule has 1 N–H and O–H groups in total. The van der Waals surface area contributed by atoms with Gasteiger partial charge < -0.3 is 9.67 Å². The van der Waals surface area contributed by atoms with Crippen LogP contribution in [0.25, 0.3) is 27.6 Å². The summed E-state index contributed by atoms with van der Waals surface area (Å²) >= 11 is 1.51. The number of hydrogen-bond donors (Lipinski definition) is 1. The van der Waals surface area contributed by atoms with Gasteiger partial charge in [-0.15, -0.1) is 11.3 Å². The lowest BCUT2D eigenvalue weighted by molar-refractivity contribution is -0.135. The van der Waals surface area contributed by atoms with E-state index in [2.05, 4.69) is 9.97 Å². The molecule has 0 saturated carbocycles. The number of benzene rings is 2. The van der Waals surface area contributed by atoms with Crippen molar-refractivity contribution in [3.63, 3.8) is 0 Å². The van der Waals surface area contributed by atoms with Crippen LogP contribution in [0.5, 0.6) is 0 Å². The molecule has 0 bridgehead atoms. The average molecular weight is 361 g/mol. The first-order valence-electron chi connectivity index (χ1n) is 8.06. The second kappa shape index (κ2) is 6.93. The Morgan fingerprint density at radius 1 is 1.15 bits per heavy atom. The van der Waals surface area contributed by atoms with Gasteiger partial charge in [0.2, 0.25) is 0 Å². The fourth-order valence-corrected chi connectivity index (χ4v) is 3.70. The molecule has 0 aliphatic heterocycles. The smallest absolute Gasteiger partial charge is 0.307 e. The predicted molar refractivity (Wildman–Crippen MR) is 103 cm³/mol. The zero-order valence-corrected chi connectivity index (χ0v) is 14.6. The van der Waals surface area contributed by atoms with Gasteiger partial charge in [-0.25, -0.2) is 9.97 Å². The molecule has 0 amide bonds. The van der Waals surface area contributed by atoms with Gasteiger partial charge >= 0.3 is 5.97 Å². The highest BCUT2D eigenvalue weighted by Gasteiger charge is 2.12. The maximum atomic E-state index is 11.3. The third kappa shape index (κ3) is 3.41.